The molecule has 0 saturated heterocycles. The number of hydrogen-bond acceptors (Lipinski definition) is 1. The predicted octanol–water partition coefficient (Wildman–Crippen LogP) is 4.10. The van der Waals surface area contributed by atoms with Gasteiger partial charge >= 0.3 is 0 Å². The highest BCUT2D eigenvalue weighted by atomic mass is 127. The van der Waals surface area contributed by atoms with Gasteiger partial charge in [-0.05, 0) is 36.5 Å². The van der Waals surface area contributed by atoms with Crippen LogP contribution in [0.25, 0.3) is 0 Å². The number of rotatable bonds is 4. The average molecular weight is 304 g/mol. The Morgan fingerprint density at radius 1 is 1.29 bits per heavy atom. The summed E-state index contributed by atoms with van der Waals surface area (Å²) in [5, 5.41) is 9.19. The smallest absolute Gasteiger partial charge is 0.115 e. The number of benzene rings is 1. The molecule has 1 rings (SSSR count). The van der Waals surface area contributed by atoms with Crippen molar-refractivity contribution in [2.75, 3.05) is 0 Å². The largest absolute Gasteiger partial charge is 0.508 e. The lowest BCUT2D eigenvalue weighted by molar-refractivity contribution is 0.474. The first-order valence-corrected chi connectivity index (χ1v) is 6.31. The highest BCUT2D eigenvalue weighted by molar-refractivity contribution is 14.1. The van der Waals surface area contributed by atoms with Gasteiger partial charge in [0.25, 0.3) is 0 Å². The van der Waals surface area contributed by atoms with E-state index in [1.807, 2.05) is 12.1 Å². The van der Waals surface area contributed by atoms with E-state index in [2.05, 4.69) is 36.4 Å². The molecule has 2 heteroatoms. The highest BCUT2D eigenvalue weighted by Crippen LogP contribution is 2.28. The number of alkyl halides is 1. The fourth-order valence-corrected chi connectivity index (χ4v) is 2.29. The topological polar surface area (TPSA) is 20.2 Å². The Bertz CT molecular complexity index is 266. The summed E-state index contributed by atoms with van der Waals surface area (Å²) in [6.45, 7) is 4.46. The van der Waals surface area contributed by atoms with Crippen molar-refractivity contribution < 1.29 is 5.11 Å². The van der Waals surface area contributed by atoms with E-state index in [9.17, 15) is 5.11 Å². The first-order chi connectivity index (χ1) is 6.63. The molecule has 0 spiro atoms. The molecule has 0 aliphatic heterocycles. The molecule has 0 fully saturated rings. The van der Waals surface area contributed by atoms with Gasteiger partial charge in [-0.1, -0.05) is 48.6 Å². The van der Waals surface area contributed by atoms with Crippen molar-refractivity contribution in [1.82, 2.24) is 0 Å². The Balaban J connectivity index is 2.73. The first kappa shape index (κ1) is 11.8. The van der Waals surface area contributed by atoms with Crippen molar-refractivity contribution in [3.05, 3.63) is 29.8 Å². The molecule has 1 aromatic rings. The summed E-state index contributed by atoms with van der Waals surface area (Å²) >= 11 is 2.47. The third-order valence-corrected chi connectivity index (χ3v) is 2.98. The molecule has 0 aliphatic rings. The van der Waals surface area contributed by atoms with Crippen LogP contribution in [0.5, 0.6) is 5.75 Å². The lowest BCUT2D eigenvalue weighted by Crippen LogP contribution is -2.02. The zero-order chi connectivity index (χ0) is 10.6. The molecule has 0 saturated carbocycles. The van der Waals surface area contributed by atoms with Crippen molar-refractivity contribution in [3.63, 3.8) is 0 Å². The summed E-state index contributed by atoms with van der Waals surface area (Å²) in [6.07, 6.45) is 2.37. The van der Waals surface area contributed by atoms with Crippen LogP contribution >= 0.6 is 22.6 Å². The van der Waals surface area contributed by atoms with Gasteiger partial charge in [0.2, 0.25) is 0 Å². The minimum absolute atomic E-state index is 0.353. The molecular formula is C12H17IO. The Labute approximate surface area is 99.7 Å². The lowest BCUT2D eigenvalue weighted by atomic mass is 9.92. The fraction of sp³-hybridized carbons (Fsp3) is 0.500. The van der Waals surface area contributed by atoms with Crippen molar-refractivity contribution in [1.29, 1.82) is 0 Å². The Morgan fingerprint density at radius 2 is 1.86 bits per heavy atom. The van der Waals surface area contributed by atoms with Crippen LogP contribution in [0.2, 0.25) is 0 Å². The van der Waals surface area contributed by atoms with E-state index < -0.39 is 0 Å². The van der Waals surface area contributed by atoms with Crippen LogP contribution in [0.1, 0.15) is 38.2 Å². The molecular weight excluding hydrogens is 287 g/mol. The van der Waals surface area contributed by atoms with Gasteiger partial charge in [0.05, 0.1) is 0 Å². The normalized spacial score (nSPS) is 15.1. The van der Waals surface area contributed by atoms with Gasteiger partial charge < -0.3 is 5.11 Å². The molecule has 0 aromatic heterocycles. The SMILES string of the molecule is CCC(CC(C)I)c1ccc(O)cc1. The lowest BCUT2D eigenvalue weighted by Gasteiger charge is -2.16. The summed E-state index contributed by atoms with van der Waals surface area (Å²) in [6, 6.07) is 7.61. The van der Waals surface area contributed by atoms with E-state index in [0.29, 0.717) is 15.6 Å². The Morgan fingerprint density at radius 3 is 2.29 bits per heavy atom. The summed E-state index contributed by atoms with van der Waals surface area (Å²) in [5.74, 6) is 0.980. The highest BCUT2D eigenvalue weighted by Gasteiger charge is 2.11. The minimum atomic E-state index is 0.353. The van der Waals surface area contributed by atoms with Crippen LogP contribution in [-0.2, 0) is 0 Å². The molecule has 14 heavy (non-hydrogen) atoms. The number of hydrogen-bond donors (Lipinski definition) is 1. The predicted molar refractivity (Wildman–Crippen MR) is 69.2 cm³/mol. The minimum Gasteiger partial charge on any atom is -0.508 e. The van der Waals surface area contributed by atoms with Crippen LogP contribution in [0.15, 0.2) is 24.3 Å². The van der Waals surface area contributed by atoms with E-state index in [4.69, 9.17) is 0 Å². The summed E-state index contributed by atoms with van der Waals surface area (Å²) in [4.78, 5) is 0. The van der Waals surface area contributed by atoms with Crippen molar-refractivity contribution in [2.45, 2.75) is 36.5 Å². The standard InChI is InChI=1S/C12H17IO/c1-3-10(8-9(2)13)11-4-6-12(14)7-5-11/h4-7,9-10,14H,3,8H2,1-2H3. The molecule has 0 heterocycles. The van der Waals surface area contributed by atoms with Gasteiger partial charge in [-0.2, -0.15) is 0 Å². The molecule has 1 nitrogen and oxygen atoms in total. The molecule has 0 aliphatic carbocycles. The van der Waals surface area contributed by atoms with Crippen LogP contribution in [0, 0.1) is 0 Å². The maximum absolute atomic E-state index is 9.19. The molecule has 2 unspecified atom stereocenters. The number of phenols is 1. The fourth-order valence-electron chi connectivity index (χ4n) is 1.68. The van der Waals surface area contributed by atoms with E-state index in [1.165, 1.54) is 12.0 Å². The van der Waals surface area contributed by atoms with Gasteiger partial charge in [0.15, 0.2) is 0 Å². The monoisotopic (exact) mass is 304 g/mol. The van der Waals surface area contributed by atoms with Gasteiger partial charge in [-0.15, -0.1) is 0 Å². The maximum Gasteiger partial charge on any atom is 0.115 e. The molecule has 0 radical (unpaired) electrons. The van der Waals surface area contributed by atoms with Gasteiger partial charge in [0.1, 0.15) is 5.75 Å². The molecule has 0 bridgehead atoms. The second-order valence-electron chi connectivity index (χ2n) is 3.71. The van der Waals surface area contributed by atoms with Crippen molar-refractivity contribution in [3.8, 4) is 5.75 Å². The third kappa shape index (κ3) is 3.48. The van der Waals surface area contributed by atoms with Crippen LogP contribution < -0.4 is 0 Å². The quantitative estimate of drug-likeness (QED) is 0.656. The summed E-state index contributed by atoms with van der Waals surface area (Å²) < 4.78 is 0.700. The van der Waals surface area contributed by atoms with Crippen LogP contribution in [0.4, 0.5) is 0 Å². The van der Waals surface area contributed by atoms with E-state index in [0.717, 1.165) is 6.42 Å². The van der Waals surface area contributed by atoms with E-state index in [-0.39, 0.29) is 0 Å². The van der Waals surface area contributed by atoms with Crippen molar-refractivity contribution >= 4 is 22.6 Å². The first-order valence-electron chi connectivity index (χ1n) is 5.06. The molecule has 2 atom stereocenters. The summed E-state index contributed by atoms with van der Waals surface area (Å²) in [5.41, 5.74) is 1.34. The Kier molecular flexibility index (Phi) is 4.72. The number of aromatic hydroxyl groups is 1. The second kappa shape index (κ2) is 5.59. The van der Waals surface area contributed by atoms with Crippen molar-refractivity contribution in [2.24, 2.45) is 0 Å². The van der Waals surface area contributed by atoms with Gasteiger partial charge in [0, 0.05) is 3.92 Å². The maximum atomic E-state index is 9.19. The summed E-state index contributed by atoms with van der Waals surface area (Å²) in [7, 11) is 0. The zero-order valence-corrected chi connectivity index (χ0v) is 10.9. The van der Waals surface area contributed by atoms with E-state index in [1.54, 1.807) is 12.1 Å². The number of phenolic OH excluding ortho intramolecular Hbond substituents is 1. The number of halogens is 1. The van der Waals surface area contributed by atoms with Gasteiger partial charge in [-0.3, -0.25) is 0 Å². The molecule has 78 valence electrons. The van der Waals surface area contributed by atoms with Crippen LogP contribution in [0.3, 0.4) is 0 Å². The Hall–Kier alpha value is -0.250. The van der Waals surface area contributed by atoms with Gasteiger partial charge in [-0.25, -0.2) is 0 Å². The zero-order valence-electron chi connectivity index (χ0n) is 8.70. The average Bonchev–Trinajstić information content (AvgIpc) is 2.15. The molecule has 1 aromatic carbocycles. The molecule has 0 amide bonds. The second-order valence-corrected chi connectivity index (χ2v) is 5.84. The van der Waals surface area contributed by atoms with E-state index >= 15 is 0 Å². The third-order valence-electron chi connectivity index (χ3n) is 2.47. The van der Waals surface area contributed by atoms with Crippen LogP contribution in [-0.4, -0.2) is 9.03 Å². The molecule has 1 N–H and O–H groups in total.